The van der Waals surface area contributed by atoms with E-state index in [0.717, 1.165) is 24.0 Å². The highest BCUT2D eigenvalue weighted by atomic mass is 79.9. The van der Waals surface area contributed by atoms with Gasteiger partial charge in [0.1, 0.15) is 0 Å². The van der Waals surface area contributed by atoms with Crippen LogP contribution in [0, 0.1) is 0 Å². The van der Waals surface area contributed by atoms with Crippen LogP contribution in [0.5, 0.6) is 0 Å². The molecule has 90 valence electrons. The smallest absolute Gasteiger partial charge is 0.0225 e. The third-order valence-electron chi connectivity index (χ3n) is 2.35. The second-order valence-electron chi connectivity index (χ2n) is 5.11. The van der Waals surface area contributed by atoms with Crippen molar-refractivity contribution in [3.63, 3.8) is 0 Å². The lowest BCUT2D eigenvalue weighted by molar-refractivity contribution is 0.273. The van der Waals surface area contributed by atoms with E-state index in [1.54, 1.807) is 0 Å². The van der Waals surface area contributed by atoms with Crippen LogP contribution < -0.4 is 5.73 Å². The minimum atomic E-state index is -0.119. The van der Waals surface area contributed by atoms with Crippen molar-refractivity contribution >= 4 is 15.9 Å². The van der Waals surface area contributed by atoms with Gasteiger partial charge < -0.3 is 10.6 Å². The van der Waals surface area contributed by atoms with Crippen LogP contribution in [0.25, 0.3) is 0 Å². The van der Waals surface area contributed by atoms with Gasteiger partial charge in [-0.3, -0.25) is 0 Å². The molecule has 0 heterocycles. The summed E-state index contributed by atoms with van der Waals surface area (Å²) in [4.78, 5) is 2.28. The molecule has 1 rings (SSSR count). The Hall–Kier alpha value is -0.380. The first kappa shape index (κ1) is 13.7. The highest BCUT2D eigenvalue weighted by molar-refractivity contribution is 9.10. The number of rotatable bonds is 5. The van der Waals surface area contributed by atoms with E-state index in [9.17, 15) is 0 Å². The molecule has 0 aliphatic carbocycles. The summed E-state index contributed by atoms with van der Waals surface area (Å²) in [5.74, 6) is 0. The van der Waals surface area contributed by atoms with E-state index < -0.39 is 0 Å². The second kappa shape index (κ2) is 5.80. The SMILES string of the molecule is CN(CCc1cccc(Br)c1)CC(C)(C)N. The lowest BCUT2D eigenvalue weighted by Crippen LogP contribution is -2.44. The first-order valence-corrected chi connectivity index (χ1v) is 6.38. The molecule has 0 radical (unpaired) electrons. The molecule has 0 atom stereocenters. The summed E-state index contributed by atoms with van der Waals surface area (Å²) in [5.41, 5.74) is 7.22. The zero-order chi connectivity index (χ0) is 12.2. The molecular formula is C13H21BrN2. The Labute approximate surface area is 107 Å². The second-order valence-corrected chi connectivity index (χ2v) is 6.02. The fourth-order valence-electron chi connectivity index (χ4n) is 1.79. The van der Waals surface area contributed by atoms with Gasteiger partial charge in [0, 0.05) is 23.1 Å². The molecule has 3 heteroatoms. The molecule has 2 nitrogen and oxygen atoms in total. The summed E-state index contributed by atoms with van der Waals surface area (Å²) in [7, 11) is 2.12. The van der Waals surface area contributed by atoms with Gasteiger partial charge in [0.2, 0.25) is 0 Å². The largest absolute Gasteiger partial charge is 0.324 e. The van der Waals surface area contributed by atoms with Crippen molar-refractivity contribution in [2.75, 3.05) is 20.1 Å². The summed E-state index contributed by atoms with van der Waals surface area (Å²) >= 11 is 3.48. The highest BCUT2D eigenvalue weighted by Crippen LogP contribution is 2.12. The van der Waals surface area contributed by atoms with Crippen LogP contribution in [-0.2, 0) is 6.42 Å². The molecule has 0 spiro atoms. The summed E-state index contributed by atoms with van der Waals surface area (Å²) in [6.07, 6.45) is 1.06. The molecule has 0 aromatic heterocycles. The third kappa shape index (κ3) is 5.64. The van der Waals surface area contributed by atoms with E-state index in [1.165, 1.54) is 5.56 Å². The molecule has 0 aliphatic heterocycles. The molecular weight excluding hydrogens is 264 g/mol. The number of halogens is 1. The summed E-state index contributed by atoms with van der Waals surface area (Å²) in [5, 5.41) is 0. The van der Waals surface area contributed by atoms with Gasteiger partial charge in [-0.15, -0.1) is 0 Å². The minimum absolute atomic E-state index is 0.119. The maximum absolute atomic E-state index is 5.98. The number of hydrogen-bond donors (Lipinski definition) is 1. The lowest BCUT2D eigenvalue weighted by atomic mass is 10.1. The molecule has 0 fully saturated rings. The molecule has 2 N–H and O–H groups in total. The maximum Gasteiger partial charge on any atom is 0.0225 e. The molecule has 0 saturated heterocycles. The summed E-state index contributed by atoms with van der Waals surface area (Å²) in [6.45, 7) is 6.07. The maximum atomic E-state index is 5.98. The number of nitrogens with two attached hydrogens (primary N) is 1. The number of benzene rings is 1. The van der Waals surface area contributed by atoms with E-state index in [1.807, 2.05) is 0 Å². The van der Waals surface area contributed by atoms with Gasteiger partial charge in [0.15, 0.2) is 0 Å². The van der Waals surface area contributed by atoms with Gasteiger partial charge in [-0.1, -0.05) is 28.1 Å². The van der Waals surface area contributed by atoms with Crippen molar-refractivity contribution in [3.8, 4) is 0 Å². The van der Waals surface area contributed by atoms with Gasteiger partial charge in [-0.25, -0.2) is 0 Å². The van der Waals surface area contributed by atoms with Crippen LogP contribution in [0.4, 0.5) is 0 Å². The van der Waals surface area contributed by atoms with Gasteiger partial charge in [-0.2, -0.15) is 0 Å². The Morgan fingerprint density at radius 1 is 1.38 bits per heavy atom. The van der Waals surface area contributed by atoms with Crippen LogP contribution in [0.3, 0.4) is 0 Å². The van der Waals surface area contributed by atoms with Crippen molar-refractivity contribution < 1.29 is 0 Å². The fraction of sp³-hybridized carbons (Fsp3) is 0.538. The van der Waals surface area contributed by atoms with Crippen LogP contribution in [-0.4, -0.2) is 30.6 Å². The minimum Gasteiger partial charge on any atom is -0.324 e. The predicted molar refractivity (Wildman–Crippen MR) is 73.6 cm³/mol. The number of nitrogens with zero attached hydrogens (tertiary/aromatic N) is 1. The molecule has 0 bridgehead atoms. The Balaban J connectivity index is 2.40. The van der Waals surface area contributed by atoms with E-state index >= 15 is 0 Å². The van der Waals surface area contributed by atoms with E-state index in [-0.39, 0.29) is 5.54 Å². The van der Waals surface area contributed by atoms with Crippen LogP contribution >= 0.6 is 15.9 Å². The Morgan fingerprint density at radius 2 is 2.06 bits per heavy atom. The van der Waals surface area contributed by atoms with Crippen LogP contribution in [0.15, 0.2) is 28.7 Å². The predicted octanol–water partition coefficient (Wildman–Crippen LogP) is 2.66. The van der Waals surface area contributed by atoms with Crippen molar-refractivity contribution in [3.05, 3.63) is 34.3 Å². The number of hydrogen-bond acceptors (Lipinski definition) is 2. The first-order chi connectivity index (χ1) is 7.37. The van der Waals surface area contributed by atoms with Gasteiger partial charge >= 0.3 is 0 Å². The van der Waals surface area contributed by atoms with Crippen molar-refractivity contribution in [2.45, 2.75) is 25.8 Å². The molecule has 1 aromatic rings. The summed E-state index contributed by atoms with van der Waals surface area (Å²) in [6, 6.07) is 8.45. The van der Waals surface area contributed by atoms with E-state index in [0.29, 0.717) is 0 Å². The highest BCUT2D eigenvalue weighted by Gasteiger charge is 2.13. The standard InChI is InChI=1S/C13H21BrN2/c1-13(2,15)10-16(3)8-7-11-5-4-6-12(14)9-11/h4-6,9H,7-8,10,15H2,1-3H3. The van der Waals surface area contributed by atoms with E-state index in [4.69, 9.17) is 5.73 Å². The summed E-state index contributed by atoms with van der Waals surface area (Å²) < 4.78 is 1.15. The van der Waals surface area contributed by atoms with E-state index in [2.05, 4.69) is 66.0 Å². The molecule has 1 aromatic carbocycles. The van der Waals surface area contributed by atoms with Gasteiger partial charge in [0.25, 0.3) is 0 Å². The van der Waals surface area contributed by atoms with Crippen LogP contribution in [0.2, 0.25) is 0 Å². The van der Waals surface area contributed by atoms with Crippen LogP contribution in [0.1, 0.15) is 19.4 Å². The van der Waals surface area contributed by atoms with Gasteiger partial charge in [0.05, 0.1) is 0 Å². The zero-order valence-corrected chi connectivity index (χ0v) is 11.9. The fourth-order valence-corrected chi connectivity index (χ4v) is 2.23. The van der Waals surface area contributed by atoms with Gasteiger partial charge in [-0.05, 0) is 45.0 Å². The molecule has 0 saturated carbocycles. The topological polar surface area (TPSA) is 29.3 Å². The number of likely N-dealkylation sites (N-methyl/N-ethyl adjacent to an activating group) is 1. The molecule has 0 amide bonds. The lowest BCUT2D eigenvalue weighted by Gasteiger charge is -2.26. The Morgan fingerprint density at radius 3 is 2.62 bits per heavy atom. The average molecular weight is 285 g/mol. The normalized spacial score (nSPS) is 12.1. The molecule has 0 aliphatic rings. The van der Waals surface area contributed by atoms with Crippen molar-refractivity contribution in [1.82, 2.24) is 4.90 Å². The third-order valence-corrected chi connectivity index (χ3v) is 2.84. The first-order valence-electron chi connectivity index (χ1n) is 5.59. The average Bonchev–Trinajstić information content (AvgIpc) is 2.12. The van der Waals surface area contributed by atoms with Crippen molar-refractivity contribution in [1.29, 1.82) is 0 Å². The molecule has 16 heavy (non-hydrogen) atoms. The quantitative estimate of drug-likeness (QED) is 0.901. The Kier molecular flexibility index (Phi) is 4.96. The Bertz CT molecular complexity index is 331. The zero-order valence-electron chi connectivity index (χ0n) is 10.3. The monoisotopic (exact) mass is 284 g/mol. The molecule has 0 unspecified atom stereocenters. The van der Waals surface area contributed by atoms with Crippen molar-refractivity contribution in [2.24, 2.45) is 5.73 Å².